The summed E-state index contributed by atoms with van der Waals surface area (Å²) >= 11 is 9.87. The Morgan fingerprint density at radius 1 is 1.36 bits per heavy atom. The summed E-state index contributed by atoms with van der Waals surface area (Å²) in [5, 5.41) is 0.385. The lowest BCUT2D eigenvalue weighted by molar-refractivity contribution is -0.141. The highest BCUT2D eigenvalue weighted by Gasteiger charge is 2.32. The molecule has 1 aromatic rings. The molecule has 1 aromatic carbocycles. The van der Waals surface area contributed by atoms with Crippen molar-refractivity contribution in [3.8, 4) is 0 Å². The number of thiol groups is 1. The van der Waals surface area contributed by atoms with Crippen LogP contribution >= 0.6 is 24.2 Å². The molecule has 2 nitrogen and oxygen atoms in total. The van der Waals surface area contributed by atoms with Crippen LogP contribution in [0, 0.1) is 0 Å². The molecule has 0 spiro atoms. The number of carbonyl (C=O) groups excluding carboxylic acids is 1. The maximum absolute atomic E-state index is 11.1. The molecule has 0 saturated carbocycles. The number of ether oxygens (including phenoxy) is 1. The van der Waals surface area contributed by atoms with Gasteiger partial charge in [0, 0.05) is 11.4 Å². The number of benzene rings is 1. The van der Waals surface area contributed by atoms with Crippen LogP contribution in [0.5, 0.6) is 0 Å². The third kappa shape index (κ3) is 1.88. The molecule has 1 aliphatic rings. The summed E-state index contributed by atoms with van der Waals surface area (Å²) in [4.78, 5) is 11.1. The summed E-state index contributed by atoms with van der Waals surface area (Å²) in [5.74, 6) is -0.242. The number of esters is 1. The summed E-state index contributed by atoms with van der Waals surface area (Å²) in [6.45, 7) is 0. The quantitative estimate of drug-likeness (QED) is 0.591. The Balaban J connectivity index is 2.17. The predicted octanol–water partition coefficient (Wildman–Crippen LogP) is 2.63. The van der Waals surface area contributed by atoms with Gasteiger partial charge in [0.15, 0.2) is 0 Å². The second-order valence-electron chi connectivity index (χ2n) is 3.23. The maximum atomic E-state index is 11.1. The van der Waals surface area contributed by atoms with Crippen LogP contribution < -0.4 is 0 Å². The van der Waals surface area contributed by atoms with Crippen LogP contribution in [0.3, 0.4) is 0 Å². The predicted molar refractivity (Wildman–Crippen MR) is 57.7 cm³/mol. The van der Waals surface area contributed by atoms with Crippen molar-refractivity contribution in [1.29, 1.82) is 0 Å². The first kappa shape index (κ1) is 9.87. The molecular weight excluding hydrogens is 220 g/mol. The third-order valence-corrected chi connectivity index (χ3v) is 2.88. The second kappa shape index (κ2) is 3.83. The van der Waals surface area contributed by atoms with E-state index in [0.29, 0.717) is 11.4 Å². The van der Waals surface area contributed by atoms with Gasteiger partial charge in [0.1, 0.15) is 11.4 Å². The van der Waals surface area contributed by atoms with Crippen LogP contribution in [-0.4, -0.2) is 11.2 Å². The van der Waals surface area contributed by atoms with E-state index in [4.69, 9.17) is 16.3 Å². The minimum atomic E-state index is -0.296. The van der Waals surface area contributed by atoms with Gasteiger partial charge in [-0.2, -0.15) is 12.6 Å². The Morgan fingerprint density at radius 3 is 2.50 bits per heavy atom. The van der Waals surface area contributed by atoms with E-state index in [1.807, 2.05) is 12.1 Å². The van der Waals surface area contributed by atoms with E-state index in [2.05, 4.69) is 12.6 Å². The minimum Gasteiger partial charge on any atom is -0.457 e. The van der Waals surface area contributed by atoms with Gasteiger partial charge >= 0.3 is 5.97 Å². The monoisotopic (exact) mass is 228 g/mol. The largest absolute Gasteiger partial charge is 0.457 e. The van der Waals surface area contributed by atoms with E-state index in [1.54, 1.807) is 12.1 Å². The van der Waals surface area contributed by atoms with Crippen molar-refractivity contribution >= 4 is 30.2 Å². The number of hydrogen-bond donors (Lipinski definition) is 1. The molecule has 0 radical (unpaired) electrons. The third-order valence-electron chi connectivity index (χ3n) is 2.21. The average molecular weight is 229 g/mol. The second-order valence-corrected chi connectivity index (χ2v) is 4.29. The minimum absolute atomic E-state index is 0.165. The number of halogens is 1. The first-order chi connectivity index (χ1) is 6.66. The van der Waals surface area contributed by atoms with Gasteiger partial charge in [0.05, 0.1) is 0 Å². The van der Waals surface area contributed by atoms with Gasteiger partial charge in [-0.15, -0.1) is 0 Å². The fraction of sp³-hybridized carbons (Fsp3) is 0.300. The van der Waals surface area contributed by atoms with Gasteiger partial charge < -0.3 is 4.74 Å². The molecule has 1 saturated heterocycles. The van der Waals surface area contributed by atoms with Crippen LogP contribution in [0.1, 0.15) is 18.1 Å². The first-order valence-electron chi connectivity index (χ1n) is 4.31. The molecule has 1 fully saturated rings. The molecule has 0 amide bonds. The first-order valence-corrected chi connectivity index (χ1v) is 5.20. The zero-order chi connectivity index (χ0) is 10.1. The fourth-order valence-electron chi connectivity index (χ4n) is 1.45. The van der Waals surface area contributed by atoms with Crippen LogP contribution in [-0.2, 0) is 9.53 Å². The van der Waals surface area contributed by atoms with Gasteiger partial charge in [-0.05, 0) is 17.7 Å². The summed E-state index contributed by atoms with van der Waals surface area (Å²) in [7, 11) is 0. The molecule has 1 heterocycles. The molecule has 2 unspecified atom stereocenters. The van der Waals surface area contributed by atoms with Gasteiger partial charge in [-0.3, -0.25) is 4.79 Å². The van der Waals surface area contributed by atoms with Crippen LogP contribution in [0.2, 0.25) is 5.02 Å². The summed E-state index contributed by atoms with van der Waals surface area (Å²) < 4.78 is 5.14. The van der Waals surface area contributed by atoms with Gasteiger partial charge in [-0.1, -0.05) is 23.7 Å². The molecule has 14 heavy (non-hydrogen) atoms. The molecule has 2 rings (SSSR count). The van der Waals surface area contributed by atoms with Crippen molar-refractivity contribution in [2.75, 3.05) is 0 Å². The maximum Gasteiger partial charge on any atom is 0.319 e. The molecule has 0 N–H and O–H groups in total. The number of carbonyl (C=O) groups is 1. The van der Waals surface area contributed by atoms with E-state index in [1.165, 1.54) is 0 Å². The van der Waals surface area contributed by atoms with Crippen molar-refractivity contribution in [1.82, 2.24) is 0 Å². The number of hydrogen-bond acceptors (Lipinski definition) is 3. The Kier molecular flexibility index (Phi) is 2.70. The van der Waals surface area contributed by atoms with Crippen molar-refractivity contribution in [2.45, 2.75) is 17.8 Å². The lowest BCUT2D eigenvalue weighted by Crippen LogP contribution is -2.04. The van der Waals surface area contributed by atoms with Gasteiger partial charge in [-0.25, -0.2) is 0 Å². The van der Waals surface area contributed by atoms with Crippen molar-refractivity contribution in [3.63, 3.8) is 0 Å². The molecule has 1 aliphatic heterocycles. The summed E-state index contributed by atoms with van der Waals surface area (Å²) in [6, 6.07) is 7.31. The highest BCUT2D eigenvalue weighted by molar-refractivity contribution is 7.81. The molecule has 2 atom stereocenters. The Labute approximate surface area is 92.6 Å². The van der Waals surface area contributed by atoms with E-state index >= 15 is 0 Å². The molecule has 0 bridgehead atoms. The van der Waals surface area contributed by atoms with Gasteiger partial charge in [0.2, 0.25) is 0 Å². The highest BCUT2D eigenvalue weighted by atomic mass is 35.5. The highest BCUT2D eigenvalue weighted by Crippen LogP contribution is 2.32. The Hall–Kier alpha value is -0.670. The zero-order valence-electron chi connectivity index (χ0n) is 7.31. The van der Waals surface area contributed by atoms with Crippen LogP contribution in [0.4, 0.5) is 0 Å². The Morgan fingerprint density at radius 2 is 2.00 bits per heavy atom. The fourth-order valence-corrected chi connectivity index (χ4v) is 1.83. The number of rotatable bonds is 1. The summed E-state index contributed by atoms with van der Waals surface area (Å²) in [5.41, 5.74) is 0.972. The Bertz CT molecular complexity index is 350. The average Bonchev–Trinajstić information content (AvgIpc) is 2.48. The molecule has 0 aromatic heterocycles. The van der Waals surface area contributed by atoms with Gasteiger partial charge in [0.25, 0.3) is 0 Å². The van der Waals surface area contributed by atoms with Crippen LogP contribution in [0.25, 0.3) is 0 Å². The normalized spacial score (nSPS) is 26.3. The smallest absolute Gasteiger partial charge is 0.319 e. The molecular formula is C10H9ClO2S. The standard InChI is InChI=1S/C10H9ClO2S/c11-7-3-1-6(2-4-7)8-5-9(14)10(12)13-8/h1-4,8-9,14H,5H2. The topological polar surface area (TPSA) is 26.3 Å². The number of cyclic esters (lactones) is 1. The van der Waals surface area contributed by atoms with E-state index in [9.17, 15) is 4.79 Å². The van der Waals surface area contributed by atoms with Crippen LogP contribution in [0.15, 0.2) is 24.3 Å². The lowest BCUT2D eigenvalue weighted by atomic mass is 10.1. The van der Waals surface area contributed by atoms with Crippen molar-refractivity contribution < 1.29 is 9.53 Å². The summed E-state index contributed by atoms with van der Waals surface area (Å²) in [6.07, 6.45) is 0.464. The molecule has 4 heteroatoms. The van der Waals surface area contributed by atoms with Crippen molar-refractivity contribution in [3.05, 3.63) is 34.9 Å². The lowest BCUT2D eigenvalue weighted by Gasteiger charge is -2.08. The van der Waals surface area contributed by atoms with Crippen molar-refractivity contribution in [2.24, 2.45) is 0 Å². The SMILES string of the molecule is O=C1OC(c2ccc(Cl)cc2)CC1S. The zero-order valence-corrected chi connectivity index (χ0v) is 8.96. The molecule has 0 aliphatic carbocycles. The van der Waals surface area contributed by atoms with E-state index < -0.39 is 0 Å². The molecule has 74 valence electrons. The van der Waals surface area contributed by atoms with E-state index in [0.717, 1.165) is 5.56 Å². The van der Waals surface area contributed by atoms with E-state index in [-0.39, 0.29) is 17.3 Å².